The van der Waals surface area contributed by atoms with Gasteiger partial charge in [0.2, 0.25) is 0 Å². The van der Waals surface area contributed by atoms with Crippen LogP contribution in [0, 0.1) is 0 Å². The van der Waals surface area contributed by atoms with Gasteiger partial charge in [-0.3, -0.25) is 0 Å². The first-order valence-electron chi connectivity index (χ1n) is 7.31. The van der Waals surface area contributed by atoms with E-state index < -0.39 is 0 Å². The van der Waals surface area contributed by atoms with Crippen LogP contribution in [-0.4, -0.2) is 44.7 Å². The fourth-order valence-electron chi connectivity index (χ4n) is 2.85. The van der Waals surface area contributed by atoms with Crippen molar-refractivity contribution < 1.29 is 4.74 Å². The SMILES string of the molecule is COc1cccc(CCN2CCNCC2)c1C(C)C. The van der Waals surface area contributed by atoms with E-state index in [9.17, 15) is 0 Å². The quantitative estimate of drug-likeness (QED) is 0.881. The molecule has 106 valence electrons. The monoisotopic (exact) mass is 262 g/mol. The van der Waals surface area contributed by atoms with Crippen molar-refractivity contribution in [2.45, 2.75) is 26.2 Å². The predicted octanol–water partition coefficient (Wildman–Crippen LogP) is 2.27. The molecule has 0 radical (unpaired) electrons. The molecule has 1 fully saturated rings. The van der Waals surface area contributed by atoms with Crippen LogP contribution in [-0.2, 0) is 6.42 Å². The molecule has 1 aliphatic rings. The zero-order valence-corrected chi connectivity index (χ0v) is 12.4. The van der Waals surface area contributed by atoms with Crippen molar-refractivity contribution in [3.05, 3.63) is 29.3 Å². The normalized spacial score (nSPS) is 16.8. The fourth-order valence-corrected chi connectivity index (χ4v) is 2.85. The number of hydrogen-bond donors (Lipinski definition) is 1. The highest BCUT2D eigenvalue weighted by molar-refractivity contribution is 5.42. The molecule has 19 heavy (non-hydrogen) atoms. The van der Waals surface area contributed by atoms with E-state index in [-0.39, 0.29) is 0 Å². The molecule has 0 spiro atoms. The van der Waals surface area contributed by atoms with Crippen LogP contribution in [0.25, 0.3) is 0 Å². The first-order chi connectivity index (χ1) is 9.22. The van der Waals surface area contributed by atoms with Gasteiger partial charge in [0.15, 0.2) is 0 Å². The first-order valence-corrected chi connectivity index (χ1v) is 7.31. The molecule has 3 nitrogen and oxygen atoms in total. The maximum atomic E-state index is 5.52. The highest BCUT2D eigenvalue weighted by atomic mass is 16.5. The first kappa shape index (κ1) is 14.4. The van der Waals surface area contributed by atoms with Crippen molar-refractivity contribution in [1.82, 2.24) is 10.2 Å². The van der Waals surface area contributed by atoms with Crippen LogP contribution in [0.5, 0.6) is 5.75 Å². The van der Waals surface area contributed by atoms with Gasteiger partial charge in [0.05, 0.1) is 7.11 Å². The molecule has 0 aromatic heterocycles. The van der Waals surface area contributed by atoms with Gasteiger partial charge in [0, 0.05) is 32.7 Å². The van der Waals surface area contributed by atoms with Crippen molar-refractivity contribution in [3.8, 4) is 5.75 Å². The minimum Gasteiger partial charge on any atom is -0.496 e. The number of benzene rings is 1. The third kappa shape index (κ3) is 3.71. The average molecular weight is 262 g/mol. The summed E-state index contributed by atoms with van der Waals surface area (Å²) in [6.07, 6.45) is 1.12. The molecule has 0 amide bonds. The van der Waals surface area contributed by atoms with Crippen LogP contribution < -0.4 is 10.1 Å². The molecule has 0 atom stereocenters. The topological polar surface area (TPSA) is 24.5 Å². The smallest absolute Gasteiger partial charge is 0.122 e. The molecule has 1 aromatic carbocycles. The molecular weight excluding hydrogens is 236 g/mol. The second-order valence-corrected chi connectivity index (χ2v) is 5.53. The summed E-state index contributed by atoms with van der Waals surface area (Å²) in [6, 6.07) is 6.43. The van der Waals surface area contributed by atoms with Crippen molar-refractivity contribution in [2.75, 3.05) is 39.8 Å². The van der Waals surface area contributed by atoms with Crippen LogP contribution in [0.15, 0.2) is 18.2 Å². The second-order valence-electron chi connectivity index (χ2n) is 5.53. The lowest BCUT2D eigenvalue weighted by atomic mass is 9.94. The van der Waals surface area contributed by atoms with Crippen molar-refractivity contribution in [1.29, 1.82) is 0 Å². The summed E-state index contributed by atoms with van der Waals surface area (Å²) in [6.45, 7) is 10.2. The highest BCUT2D eigenvalue weighted by Gasteiger charge is 2.14. The van der Waals surface area contributed by atoms with E-state index in [0.717, 1.165) is 31.8 Å². The Kier molecular flexibility index (Phi) is 5.23. The van der Waals surface area contributed by atoms with Gasteiger partial charge in [-0.25, -0.2) is 0 Å². The number of nitrogens with one attached hydrogen (secondary N) is 1. The maximum absolute atomic E-state index is 5.52. The summed E-state index contributed by atoms with van der Waals surface area (Å²) in [5.41, 5.74) is 2.81. The van der Waals surface area contributed by atoms with Crippen molar-refractivity contribution >= 4 is 0 Å². The Morgan fingerprint density at radius 1 is 1.26 bits per heavy atom. The minimum absolute atomic E-state index is 0.508. The minimum atomic E-state index is 0.508. The zero-order chi connectivity index (χ0) is 13.7. The highest BCUT2D eigenvalue weighted by Crippen LogP contribution is 2.30. The summed E-state index contributed by atoms with van der Waals surface area (Å²) >= 11 is 0. The second kappa shape index (κ2) is 6.92. The van der Waals surface area contributed by atoms with Crippen LogP contribution >= 0.6 is 0 Å². The van der Waals surface area contributed by atoms with E-state index in [1.165, 1.54) is 24.2 Å². The molecular formula is C16H26N2O. The zero-order valence-electron chi connectivity index (χ0n) is 12.4. The summed E-state index contributed by atoms with van der Waals surface area (Å²) in [5.74, 6) is 1.54. The molecule has 1 aromatic rings. The van der Waals surface area contributed by atoms with E-state index in [0.29, 0.717) is 5.92 Å². The lowest BCUT2D eigenvalue weighted by molar-refractivity contribution is 0.243. The fraction of sp³-hybridized carbons (Fsp3) is 0.625. The molecule has 0 unspecified atom stereocenters. The van der Waals surface area contributed by atoms with Gasteiger partial charge >= 0.3 is 0 Å². The lowest BCUT2D eigenvalue weighted by Gasteiger charge is -2.27. The van der Waals surface area contributed by atoms with Gasteiger partial charge in [-0.15, -0.1) is 0 Å². The van der Waals surface area contributed by atoms with Crippen molar-refractivity contribution in [2.24, 2.45) is 0 Å². The summed E-state index contributed by atoms with van der Waals surface area (Å²) < 4.78 is 5.52. The molecule has 0 saturated carbocycles. The summed E-state index contributed by atoms with van der Waals surface area (Å²) in [4.78, 5) is 2.54. The van der Waals surface area contributed by atoms with E-state index in [1.807, 2.05) is 0 Å². The van der Waals surface area contributed by atoms with E-state index in [4.69, 9.17) is 4.74 Å². The molecule has 0 bridgehead atoms. The van der Waals surface area contributed by atoms with E-state index in [1.54, 1.807) is 7.11 Å². The van der Waals surface area contributed by atoms with Gasteiger partial charge in [-0.2, -0.15) is 0 Å². The number of ether oxygens (including phenoxy) is 1. The van der Waals surface area contributed by atoms with Gasteiger partial charge in [-0.1, -0.05) is 26.0 Å². The van der Waals surface area contributed by atoms with Crippen LogP contribution in [0.2, 0.25) is 0 Å². The molecule has 2 rings (SSSR count). The Morgan fingerprint density at radius 3 is 2.63 bits per heavy atom. The Morgan fingerprint density at radius 2 is 2.00 bits per heavy atom. The average Bonchev–Trinajstić information content (AvgIpc) is 2.45. The molecule has 1 aliphatic heterocycles. The third-order valence-corrected chi connectivity index (χ3v) is 3.86. The summed E-state index contributed by atoms with van der Waals surface area (Å²) in [7, 11) is 1.77. The van der Waals surface area contributed by atoms with Gasteiger partial charge in [-0.05, 0) is 29.5 Å². The third-order valence-electron chi connectivity index (χ3n) is 3.86. The van der Waals surface area contributed by atoms with Gasteiger partial charge < -0.3 is 15.0 Å². The number of hydrogen-bond acceptors (Lipinski definition) is 3. The summed E-state index contributed by atoms with van der Waals surface area (Å²) in [5, 5.41) is 3.40. The van der Waals surface area contributed by atoms with E-state index >= 15 is 0 Å². The van der Waals surface area contributed by atoms with Gasteiger partial charge in [0.25, 0.3) is 0 Å². The molecule has 0 aliphatic carbocycles. The Balaban J connectivity index is 2.06. The molecule has 1 N–H and O–H groups in total. The standard InChI is InChI=1S/C16H26N2O/c1-13(2)16-14(5-4-6-15(16)19-3)7-10-18-11-8-17-9-12-18/h4-6,13,17H,7-12H2,1-3H3. The van der Waals surface area contributed by atoms with E-state index in [2.05, 4.69) is 42.3 Å². The molecule has 1 heterocycles. The lowest BCUT2D eigenvalue weighted by Crippen LogP contribution is -2.44. The Bertz CT molecular complexity index is 398. The Labute approximate surface area is 116 Å². The van der Waals surface area contributed by atoms with Crippen LogP contribution in [0.1, 0.15) is 30.9 Å². The van der Waals surface area contributed by atoms with Gasteiger partial charge in [0.1, 0.15) is 5.75 Å². The number of methoxy groups -OCH3 is 1. The Hall–Kier alpha value is -1.06. The van der Waals surface area contributed by atoms with Crippen molar-refractivity contribution in [3.63, 3.8) is 0 Å². The largest absolute Gasteiger partial charge is 0.496 e. The number of piperazine rings is 1. The molecule has 1 saturated heterocycles. The predicted molar refractivity (Wildman–Crippen MR) is 80.1 cm³/mol. The molecule has 3 heteroatoms. The van der Waals surface area contributed by atoms with Crippen LogP contribution in [0.4, 0.5) is 0 Å². The number of rotatable bonds is 5. The maximum Gasteiger partial charge on any atom is 0.122 e. The number of nitrogens with zero attached hydrogens (tertiary/aromatic N) is 1. The van der Waals surface area contributed by atoms with Crippen LogP contribution in [0.3, 0.4) is 0 Å².